The maximum atomic E-state index is 12.3. The van der Waals surface area contributed by atoms with Gasteiger partial charge in [0.15, 0.2) is 6.61 Å². The summed E-state index contributed by atoms with van der Waals surface area (Å²) < 4.78 is 4.80. The average molecular weight is 372 g/mol. The van der Waals surface area contributed by atoms with Gasteiger partial charge in [-0.05, 0) is 25.0 Å². The molecule has 0 radical (unpaired) electrons. The Morgan fingerprint density at radius 3 is 2.19 bits per heavy atom. The van der Waals surface area contributed by atoms with Crippen LogP contribution in [0.25, 0.3) is 0 Å². The molecule has 2 fully saturated rings. The number of esters is 1. The standard InChI is InChI=1S/C19H20N2O6/c22-15(20-17(24)12-6-2-1-3-7-12)11-27-16(23)10-21-18(25)13-8-4-5-9-14(13)19(21)26/h1-3,6-7,13-14H,4-5,8-11H2,(H,20,22,24)/t13-,14-/m1/s1. The Morgan fingerprint density at radius 2 is 1.59 bits per heavy atom. The molecule has 2 aliphatic rings. The Morgan fingerprint density at radius 1 is 1.00 bits per heavy atom. The van der Waals surface area contributed by atoms with Crippen molar-refractivity contribution in [1.29, 1.82) is 0 Å². The maximum Gasteiger partial charge on any atom is 0.326 e. The van der Waals surface area contributed by atoms with Gasteiger partial charge in [0, 0.05) is 5.56 Å². The Bertz CT molecular complexity index is 752. The van der Waals surface area contributed by atoms with E-state index < -0.39 is 30.9 Å². The van der Waals surface area contributed by atoms with Gasteiger partial charge in [0.25, 0.3) is 11.8 Å². The van der Waals surface area contributed by atoms with Gasteiger partial charge in [0.2, 0.25) is 11.8 Å². The number of imide groups is 2. The van der Waals surface area contributed by atoms with Crippen LogP contribution in [0.2, 0.25) is 0 Å². The molecular weight excluding hydrogens is 352 g/mol. The number of amides is 4. The lowest BCUT2D eigenvalue weighted by molar-refractivity contribution is -0.154. The molecule has 1 aromatic rings. The Labute approximate surface area is 155 Å². The zero-order valence-electron chi connectivity index (χ0n) is 14.7. The molecule has 0 aromatic heterocycles. The van der Waals surface area contributed by atoms with E-state index in [0.717, 1.165) is 17.7 Å². The third-order valence-corrected chi connectivity index (χ3v) is 4.87. The number of rotatable bonds is 5. The fraction of sp³-hybridized carbons (Fsp3) is 0.421. The van der Waals surface area contributed by atoms with Crippen molar-refractivity contribution in [2.45, 2.75) is 25.7 Å². The molecule has 1 N–H and O–H groups in total. The predicted molar refractivity (Wildman–Crippen MR) is 92.0 cm³/mol. The molecular formula is C19H20N2O6. The summed E-state index contributed by atoms with van der Waals surface area (Å²) in [7, 11) is 0. The number of fused-ring (bicyclic) bond motifs is 1. The fourth-order valence-electron chi connectivity index (χ4n) is 3.53. The monoisotopic (exact) mass is 372 g/mol. The van der Waals surface area contributed by atoms with Crippen molar-refractivity contribution in [3.63, 3.8) is 0 Å². The number of nitrogens with zero attached hydrogens (tertiary/aromatic N) is 1. The molecule has 1 saturated carbocycles. The van der Waals surface area contributed by atoms with Crippen LogP contribution in [0.1, 0.15) is 36.0 Å². The third kappa shape index (κ3) is 4.21. The molecule has 27 heavy (non-hydrogen) atoms. The summed E-state index contributed by atoms with van der Waals surface area (Å²) in [5, 5.41) is 2.10. The van der Waals surface area contributed by atoms with Crippen molar-refractivity contribution in [3.8, 4) is 0 Å². The number of ether oxygens (including phenoxy) is 1. The number of likely N-dealkylation sites (tertiary alicyclic amines) is 1. The van der Waals surface area contributed by atoms with Gasteiger partial charge in [-0.25, -0.2) is 0 Å². The van der Waals surface area contributed by atoms with Crippen LogP contribution in [0.15, 0.2) is 30.3 Å². The number of nitrogens with one attached hydrogen (secondary N) is 1. The van der Waals surface area contributed by atoms with E-state index in [0.29, 0.717) is 18.4 Å². The van der Waals surface area contributed by atoms with Crippen LogP contribution < -0.4 is 5.32 Å². The second-order valence-electron chi connectivity index (χ2n) is 6.66. The zero-order chi connectivity index (χ0) is 19.4. The van der Waals surface area contributed by atoms with Crippen LogP contribution in [0.4, 0.5) is 0 Å². The van der Waals surface area contributed by atoms with Crippen LogP contribution in [0.5, 0.6) is 0 Å². The first-order valence-electron chi connectivity index (χ1n) is 8.87. The lowest BCUT2D eigenvalue weighted by Crippen LogP contribution is -2.39. The number of hydrogen-bond donors (Lipinski definition) is 1. The summed E-state index contributed by atoms with van der Waals surface area (Å²) in [6.07, 6.45) is 3.11. The van der Waals surface area contributed by atoms with E-state index in [-0.39, 0.29) is 23.7 Å². The highest BCUT2D eigenvalue weighted by Gasteiger charge is 2.48. The molecule has 142 valence electrons. The quantitative estimate of drug-likeness (QED) is 0.601. The second kappa shape index (κ2) is 8.11. The molecule has 0 bridgehead atoms. The molecule has 8 heteroatoms. The van der Waals surface area contributed by atoms with Gasteiger partial charge < -0.3 is 4.74 Å². The minimum atomic E-state index is -0.863. The summed E-state index contributed by atoms with van der Waals surface area (Å²) in [5.74, 6) is -3.62. The van der Waals surface area contributed by atoms with Crippen LogP contribution in [0.3, 0.4) is 0 Å². The van der Waals surface area contributed by atoms with E-state index in [1.54, 1.807) is 30.3 Å². The predicted octanol–water partition coefficient (Wildman–Crippen LogP) is 0.661. The van der Waals surface area contributed by atoms with Crippen LogP contribution in [-0.4, -0.2) is 47.6 Å². The summed E-state index contributed by atoms with van der Waals surface area (Å²) in [5.41, 5.74) is 0.299. The molecule has 0 spiro atoms. The van der Waals surface area contributed by atoms with Crippen molar-refractivity contribution in [2.75, 3.05) is 13.2 Å². The lowest BCUT2D eigenvalue weighted by atomic mass is 9.81. The summed E-state index contributed by atoms with van der Waals surface area (Å²) >= 11 is 0. The highest BCUT2D eigenvalue weighted by atomic mass is 16.5. The Hall–Kier alpha value is -3.03. The largest absolute Gasteiger partial charge is 0.454 e. The van der Waals surface area contributed by atoms with Crippen molar-refractivity contribution in [3.05, 3.63) is 35.9 Å². The van der Waals surface area contributed by atoms with Gasteiger partial charge in [0.1, 0.15) is 6.54 Å². The molecule has 1 heterocycles. The van der Waals surface area contributed by atoms with Crippen LogP contribution >= 0.6 is 0 Å². The normalized spacial score (nSPS) is 21.6. The number of hydrogen-bond acceptors (Lipinski definition) is 6. The van der Waals surface area contributed by atoms with Crippen molar-refractivity contribution in [1.82, 2.24) is 10.2 Å². The van der Waals surface area contributed by atoms with E-state index in [1.807, 2.05) is 0 Å². The average Bonchev–Trinajstić information content (AvgIpc) is 2.92. The SMILES string of the molecule is O=C(COC(=O)CN1C(=O)[C@@H]2CCCC[C@H]2C1=O)NC(=O)c1ccccc1. The zero-order valence-corrected chi connectivity index (χ0v) is 14.7. The molecule has 0 unspecified atom stereocenters. The first-order chi connectivity index (χ1) is 13.0. The lowest BCUT2D eigenvalue weighted by Gasteiger charge is -2.19. The van der Waals surface area contributed by atoms with Gasteiger partial charge in [-0.15, -0.1) is 0 Å². The van der Waals surface area contributed by atoms with Gasteiger partial charge >= 0.3 is 5.97 Å². The fourth-order valence-corrected chi connectivity index (χ4v) is 3.53. The first kappa shape index (κ1) is 18.8. The van der Waals surface area contributed by atoms with E-state index >= 15 is 0 Å². The highest BCUT2D eigenvalue weighted by molar-refractivity contribution is 6.07. The maximum absolute atomic E-state index is 12.3. The molecule has 1 aliphatic carbocycles. The first-order valence-corrected chi connectivity index (χ1v) is 8.87. The minimum absolute atomic E-state index is 0.299. The smallest absolute Gasteiger partial charge is 0.326 e. The topological polar surface area (TPSA) is 110 Å². The van der Waals surface area contributed by atoms with Crippen molar-refractivity contribution >= 4 is 29.6 Å². The van der Waals surface area contributed by atoms with Gasteiger partial charge in [-0.3, -0.25) is 34.2 Å². The van der Waals surface area contributed by atoms with Gasteiger partial charge in [-0.1, -0.05) is 31.0 Å². The van der Waals surface area contributed by atoms with Gasteiger partial charge in [-0.2, -0.15) is 0 Å². The molecule has 4 amide bonds. The number of benzene rings is 1. The van der Waals surface area contributed by atoms with Crippen LogP contribution in [0, 0.1) is 11.8 Å². The minimum Gasteiger partial charge on any atom is -0.454 e. The summed E-state index contributed by atoms with van der Waals surface area (Å²) in [6, 6.07) is 8.12. The van der Waals surface area contributed by atoms with E-state index in [9.17, 15) is 24.0 Å². The summed E-state index contributed by atoms with van der Waals surface area (Å²) in [6.45, 7) is -1.18. The van der Waals surface area contributed by atoms with Gasteiger partial charge in [0.05, 0.1) is 11.8 Å². The molecule has 8 nitrogen and oxygen atoms in total. The number of carbonyl (C=O) groups excluding carboxylic acids is 5. The second-order valence-corrected chi connectivity index (χ2v) is 6.66. The Balaban J connectivity index is 1.47. The van der Waals surface area contributed by atoms with Crippen molar-refractivity contribution < 1.29 is 28.7 Å². The van der Waals surface area contributed by atoms with Crippen LogP contribution in [-0.2, 0) is 23.9 Å². The van der Waals surface area contributed by atoms with E-state index in [4.69, 9.17) is 4.74 Å². The Kier molecular flexibility index (Phi) is 5.63. The van der Waals surface area contributed by atoms with E-state index in [2.05, 4.69) is 5.32 Å². The highest BCUT2D eigenvalue weighted by Crippen LogP contribution is 2.37. The molecule has 1 aliphatic heterocycles. The molecule has 2 atom stereocenters. The molecule has 1 aromatic carbocycles. The number of carbonyl (C=O) groups is 5. The summed E-state index contributed by atoms with van der Waals surface area (Å²) in [4.78, 5) is 61.0. The van der Waals surface area contributed by atoms with Crippen molar-refractivity contribution in [2.24, 2.45) is 11.8 Å². The molecule has 1 saturated heterocycles. The molecule has 3 rings (SSSR count). The third-order valence-electron chi connectivity index (χ3n) is 4.87. The van der Waals surface area contributed by atoms with E-state index in [1.165, 1.54) is 0 Å².